The summed E-state index contributed by atoms with van der Waals surface area (Å²) in [7, 11) is 0. The molecule has 1 aromatic heterocycles. The lowest BCUT2D eigenvalue weighted by Gasteiger charge is -2.10. The van der Waals surface area contributed by atoms with Gasteiger partial charge >= 0.3 is 0 Å². The second-order valence-corrected chi connectivity index (χ2v) is 7.13. The summed E-state index contributed by atoms with van der Waals surface area (Å²) < 4.78 is 0. The van der Waals surface area contributed by atoms with E-state index in [9.17, 15) is 4.79 Å². The molecule has 3 aromatic rings. The number of imidazole rings is 1. The number of rotatable bonds is 7. The molecule has 0 saturated heterocycles. The number of aromatic amines is 1. The van der Waals surface area contributed by atoms with E-state index in [1.54, 1.807) is 0 Å². The van der Waals surface area contributed by atoms with Crippen molar-refractivity contribution in [3.05, 3.63) is 60.7 Å². The summed E-state index contributed by atoms with van der Waals surface area (Å²) in [6.45, 7) is 4.07. The number of carbonyl (C=O) groups excluding carboxylic acids is 1. The van der Waals surface area contributed by atoms with Gasteiger partial charge in [-0.25, -0.2) is 4.98 Å². The van der Waals surface area contributed by atoms with Crippen molar-refractivity contribution in [2.45, 2.75) is 31.5 Å². The molecular weight excluding hydrogens is 342 g/mol. The fraction of sp³-hybridized carbons (Fsp3) is 0.238. The molecule has 0 radical (unpaired) electrons. The molecule has 134 valence electrons. The van der Waals surface area contributed by atoms with Gasteiger partial charge in [-0.2, -0.15) is 0 Å². The zero-order valence-electron chi connectivity index (χ0n) is 15.0. The molecule has 0 saturated carbocycles. The van der Waals surface area contributed by atoms with Crippen molar-refractivity contribution in [1.29, 1.82) is 0 Å². The number of benzene rings is 2. The van der Waals surface area contributed by atoms with E-state index in [0.717, 1.165) is 34.1 Å². The highest BCUT2D eigenvalue weighted by Gasteiger charge is 2.15. The fourth-order valence-electron chi connectivity index (χ4n) is 2.59. The molecule has 26 heavy (non-hydrogen) atoms. The topological polar surface area (TPSA) is 57.8 Å². The van der Waals surface area contributed by atoms with Crippen molar-refractivity contribution in [1.82, 2.24) is 15.3 Å². The van der Waals surface area contributed by atoms with E-state index in [1.807, 2.05) is 55.5 Å². The quantitative estimate of drug-likeness (QED) is 0.594. The largest absolute Gasteiger partial charge is 0.353 e. The first kappa shape index (κ1) is 18.3. The lowest BCUT2D eigenvalue weighted by atomic mass is 10.1. The van der Waals surface area contributed by atoms with Crippen LogP contribution in [0.25, 0.3) is 22.5 Å². The van der Waals surface area contributed by atoms with E-state index in [4.69, 9.17) is 4.98 Å². The summed E-state index contributed by atoms with van der Waals surface area (Å²) >= 11 is 1.43. The summed E-state index contributed by atoms with van der Waals surface area (Å²) in [6.07, 6.45) is 0.924. The van der Waals surface area contributed by atoms with E-state index in [2.05, 4.69) is 29.4 Å². The number of carbonyl (C=O) groups is 1. The highest BCUT2D eigenvalue weighted by atomic mass is 32.2. The minimum absolute atomic E-state index is 0.0308. The molecule has 1 atom stereocenters. The third-order valence-electron chi connectivity index (χ3n) is 4.15. The Morgan fingerprint density at radius 1 is 1.08 bits per heavy atom. The molecule has 4 nitrogen and oxygen atoms in total. The van der Waals surface area contributed by atoms with Crippen LogP contribution in [-0.2, 0) is 4.79 Å². The smallest absolute Gasteiger partial charge is 0.230 e. The highest BCUT2D eigenvalue weighted by molar-refractivity contribution is 7.99. The lowest BCUT2D eigenvalue weighted by molar-refractivity contribution is -0.119. The highest BCUT2D eigenvalue weighted by Crippen LogP contribution is 2.32. The predicted octanol–water partition coefficient (Wildman–Crippen LogP) is 4.75. The van der Waals surface area contributed by atoms with Crippen molar-refractivity contribution in [3.63, 3.8) is 0 Å². The molecule has 1 amide bonds. The molecule has 1 heterocycles. The predicted molar refractivity (Wildman–Crippen MR) is 108 cm³/mol. The minimum Gasteiger partial charge on any atom is -0.353 e. The van der Waals surface area contributed by atoms with Gasteiger partial charge in [0.05, 0.1) is 17.1 Å². The third kappa shape index (κ3) is 4.55. The zero-order valence-corrected chi connectivity index (χ0v) is 15.8. The van der Waals surface area contributed by atoms with Crippen LogP contribution >= 0.6 is 11.8 Å². The molecule has 2 N–H and O–H groups in total. The van der Waals surface area contributed by atoms with Crippen molar-refractivity contribution >= 4 is 17.7 Å². The lowest BCUT2D eigenvalue weighted by Crippen LogP contribution is -2.33. The first-order valence-electron chi connectivity index (χ1n) is 8.80. The molecule has 0 unspecified atom stereocenters. The van der Waals surface area contributed by atoms with Gasteiger partial charge in [0.2, 0.25) is 5.91 Å². The zero-order chi connectivity index (χ0) is 18.4. The molecule has 0 fully saturated rings. The second-order valence-electron chi connectivity index (χ2n) is 6.16. The van der Waals surface area contributed by atoms with E-state index in [-0.39, 0.29) is 11.9 Å². The normalized spacial score (nSPS) is 11.9. The maximum Gasteiger partial charge on any atom is 0.230 e. The van der Waals surface area contributed by atoms with Crippen molar-refractivity contribution in [2.75, 3.05) is 5.75 Å². The molecule has 0 spiro atoms. The van der Waals surface area contributed by atoms with Gasteiger partial charge in [-0.05, 0) is 13.3 Å². The minimum atomic E-state index is 0.0308. The summed E-state index contributed by atoms with van der Waals surface area (Å²) in [6, 6.07) is 20.4. The van der Waals surface area contributed by atoms with Crippen LogP contribution in [-0.4, -0.2) is 27.7 Å². The van der Waals surface area contributed by atoms with Gasteiger partial charge in [0.15, 0.2) is 5.16 Å². The van der Waals surface area contributed by atoms with Crippen LogP contribution in [0.1, 0.15) is 20.3 Å². The van der Waals surface area contributed by atoms with Crippen LogP contribution in [0.4, 0.5) is 0 Å². The fourth-order valence-corrected chi connectivity index (χ4v) is 3.27. The van der Waals surface area contributed by atoms with E-state index in [0.29, 0.717) is 5.75 Å². The van der Waals surface area contributed by atoms with E-state index >= 15 is 0 Å². The number of nitrogens with zero attached hydrogens (tertiary/aromatic N) is 1. The Labute approximate surface area is 158 Å². The Morgan fingerprint density at radius 2 is 1.69 bits per heavy atom. The number of aromatic nitrogens is 2. The Bertz CT molecular complexity index is 789. The summed E-state index contributed by atoms with van der Waals surface area (Å²) in [4.78, 5) is 20.2. The monoisotopic (exact) mass is 365 g/mol. The first-order valence-corrected chi connectivity index (χ1v) is 9.79. The van der Waals surface area contributed by atoms with E-state index in [1.165, 1.54) is 11.8 Å². The van der Waals surface area contributed by atoms with Crippen LogP contribution < -0.4 is 5.32 Å². The van der Waals surface area contributed by atoms with E-state index < -0.39 is 0 Å². The van der Waals surface area contributed by atoms with Gasteiger partial charge in [-0.15, -0.1) is 0 Å². The van der Waals surface area contributed by atoms with Gasteiger partial charge < -0.3 is 10.3 Å². The van der Waals surface area contributed by atoms with Gasteiger partial charge in [0.25, 0.3) is 0 Å². The van der Waals surface area contributed by atoms with Crippen molar-refractivity contribution < 1.29 is 4.79 Å². The Kier molecular flexibility index (Phi) is 6.12. The molecule has 0 bridgehead atoms. The molecular formula is C21H23N3OS. The standard InChI is InChI=1S/C21H23N3OS/c1-3-15(2)22-18(25)14-26-21-23-19(16-10-6-4-7-11-16)20(24-21)17-12-8-5-9-13-17/h4-13,15H,3,14H2,1-2H3,(H,22,25)(H,23,24)/t15-/m0/s1. The van der Waals surface area contributed by atoms with Gasteiger partial charge in [-0.1, -0.05) is 79.3 Å². The average molecular weight is 366 g/mol. The number of amides is 1. The molecule has 3 rings (SSSR count). The van der Waals surface area contributed by atoms with Crippen LogP contribution in [0, 0.1) is 0 Å². The maximum absolute atomic E-state index is 12.0. The summed E-state index contributed by atoms with van der Waals surface area (Å²) in [5.41, 5.74) is 4.01. The summed E-state index contributed by atoms with van der Waals surface area (Å²) in [5.74, 6) is 0.378. The maximum atomic E-state index is 12.0. The third-order valence-corrected chi connectivity index (χ3v) is 5.02. The van der Waals surface area contributed by atoms with Crippen LogP contribution in [0.5, 0.6) is 0 Å². The Morgan fingerprint density at radius 3 is 2.31 bits per heavy atom. The Balaban J connectivity index is 1.84. The second kappa shape index (κ2) is 8.72. The van der Waals surface area contributed by atoms with Crippen LogP contribution in [0.15, 0.2) is 65.8 Å². The van der Waals surface area contributed by atoms with Crippen LogP contribution in [0.2, 0.25) is 0 Å². The number of hydrogen-bond donors (Lipinski definition) is 2. The SMILES string of the molecule is CC[C@H](C)NC(=O)CSc1nc(-c2ccccc2)c(-c2ccccc2)[nH]1. The molecule has 2 aromatic carbocycles. The number of hydrogen-bond acceptors (Lipinski definition) is 3. The number of nitrogens with one attached hydrogen (secondary N) is 2. The van der Waals surface area contributed by atoms with Crippen LogP contribution in [0.3, 0.4) is 0 Å². The number of thioether (sulfide) groups is 1. The van der Waals surface area contributed by atoms with Crippen molar-refractivity contribution in [2.24, 2.45) is 0 Å². The molecule has 0 aliphatic heterocycles. The molecule has 5 heteroatoms. The Hall–Kier alpha value is -2.53. The van der Waals surface area contributed by atoms with Gasteiger partial charge in [0, 0.05) is 17.2 Å². The summed E-state index contributed by atoms with van der Waals surface area (Å²) in [5, 5.41) is 3.74. The average Bonchev–Trinajstić information content (AvgIpc) is 3.12. The van der Waals surface area contributed by atoms with Crippen molar-refractivity contribution in [3.8, 4) is 22.5 Å². The molecule has 0 aliphatic rings. The number of H-pyrrole nitrogens is 1. The molecule has 0 aliphatic carbocycles. The first-order chi connectivity index (χ1) is 12.7. The van der Waals surface area contributed by atoms with Gasteiger partial charge in [-0.3, -0.25) is 4.79 Å². The van der Waals surface area contributed by atoms with Gasteiger partial charge in [0.1, 0.15) is 0 Å².